The van der Waals surface area contributed by atoms with Crippen molar-refractivity contribution in [3.05, 3.63) is 34.9 Å². The Bertz CT molecular complexity index is 373. The molecular weight excluding hydrogens is 208 g/mol. The van der Waals surface area contributed by atoms with Gasteiger partial charge in [0.05, 0.1) is 0 Å². The lowest BCUT2D eigenvalue weighted by Gasteiger charge is -2.24. The average Bonchev–Trinajstić information content (AvgIpc) is 2.77. The number of hydrazine groups is 1. The number of hydrogen-bond donors (Lipinski definition) is 2. The molecule has 1 aliphatic rings. The van der Waals surface area contributed by atoms with Crippen LogP contribution in [0.15, 0.2) is 18.2 Å². The molecule has 0 saturated carbocycles. The average molecular weight is 232 g/mol. The van der Waals surface area contributed by atoms with E-state index in [1.165, 1.54) is 48.8 Å². The maximum absolute atomic E-state index is 5.73. The summed E-state index contributed by atoms with van der Waals surface area (Å²) in [5.41, 5.74) is 7.42. The minimum atomic E-state index is 0.292. The van der Waals surface area contributed by atoms with Crippen molar-refractivity contribution in [3.63, 3.8) is 0 Å². The van der Waals surface area contributed by atoms with Crippen LogP contribution in [0.2, 0.25) is 0 Å². The molecule has 1 aliphatic carbocycles. The van der Waals surface area contributed by atoms with Gasteiger partial charge in [-0.1, -0.05) is 38.5 Å². The van der Waals surface area contributed by atoms with Gasteiger partial charge in [0.15, 0.2) is 0 Å². The Hall–Kier alpha value is -0.860. The van der Waals surface area contributed by atoms with Crippen LogP contribution in [0.3, 0.4) is 0 Å². The molecule has 0 amide bonds. The van der Waals surface area contributed by atoms with Crippen LogP contribution in [0.1, 0.15) is 55.8 Å². The van der Waals surface area contributed by atoms with Gasteiger partial charge in [0.1, 0.15) is 0 Å². The van der Waals surface area contributed by atoms with E-state index in [4.69, 9.17) is 5.84 Å². The first-order chi connectivity index (χ1) is 8.26. The van der Waals surface area contributed by atoms with Crippen molar-refractivity contribution in [3.8, 4) is 0 Å². The second-order valence-corrected chi connectivity index (χ2v) is 5.29. The van der Waals surface area contributed by atoms with E-state index in [0.717, 1.165) is 0 Å². The van der Waals surface area contributed by atoms with E-state index in [-0.39, 0.29) is 0 Å². The molecule has 0 radical (unpaired) electrons. The highest BCUT2D eigenvalue weighted by molar-refractivity contribution is 5.36. The largest absolute Gasteiger partial charge is 0.271 e. The lowest BCUT2D eigenvalue weighted by atomic mass is 9.90. The van der Waals surface area contributed by atoms with E-state index in [1.807, 2.05) is 0 Å². The molecule has 2 nitrogen and oxygen atoms in total. The Morgan fingerprint density at radius 2 is 2.06 bits per heavy atom. The number of nitrogens with two attached hydrogens (primary N) is 1. The Balaban J connectivity index is 2.19. The van der Waals surface area contributed by atoms with Gasteiger partial charge in [0.25, 0.3) is 0 Å². The van der Waals surface area contributed by atoms with Gasteiger partial charge in [-0.25, -0.2) is 0 Å². The standard InChI is InChI=1S/C15H24N2/c1-3-5-11(2)15(17-16)14-9-8-12-6-4-7-13(12)10-14/h8-11,15,17H,3-7,16H2,1-2H3. The lowest BCUT2D eigenvalue weighted by molar-refractivity contribution is 0.368. The molecule has 0 saturated heterocycles. The fourth-order valence-corrected chi connectivity index (χ4v) is 3.00. The topological polar surface area (TPSA) is 38.0 Å². The molecule has 2 unspecified atom stereocenters. The van der Waals surface area contributed by atoms with Crippen LogP contribution in [0.5, 0.6) is 0 Å². The van der Waals surface area contributed by atoms with Crippen LogP contribution in [0.25, 0.3) is 0 Å². The van der Waals surface area contributed by atoms with Gasteiger partial charge in [-0.2, -0.15) is 0 Å². The van der Waals surface area contributed by atoms with Crippen molar-refractivity contribution < 1.29 is 0 Å². The van der Waals surface area contributed by atoms with Crippen molar-refractivity contribution in [2.24, 2.45) is 11.8 Å². The first-order valence-electron chi connectivity index (χ1n) is 6.84. The van der Waals surface area contributed by atoms with Crippen LogP contribution >= 0.6 is 0 Å². The summed E-state index contributed by atoms with van der Waals surface area (Å²) in [6, 6.07) is 7.20. The molecule has 17 heavy (non-hydrogen) atoms. The van der Waals surface area contributed by atoms with Crippen molar-refractivity contribution >= 4 is 0 Å². The fourth-order valence-electron chi connectivity index (χ4n) is 3.00. The molecule has 94 valence electrons. The molecule has 0 aromatic heterocycles. The third-order valence-electron chi connectivity index (χ3n) is 3.97. The van der Waals surface area contributed by atoms with Gasteiger partial charge < -0.3 is 0 Å². The third-order valence-corrected chi connectivity index (χ3v) is 3.97. The van der Waals surface area contributed by atoms with Crippen LogP contribution in [-0.4, -0.2) is 0 Å². The predicted octanol–water partition coefficient (Wildman–Crippen LogP) is 3.12. The summed E-state index contributed by atoms with van der Waals surface area (Å²) < 4.78 is 0. The summed E-state index contributed by atoms with van der Waals surface area (Å²) >= 11 is 0. The molecule has 0 fully saturated rings. The summed E-state index contributed by atoms with van der Waals surface area (Å²) in [6.07, 6.45) is 6.23. The highest BCUT2D eigenvalue weighted by Gasteiger charge is 2.19. The first kappa shape index (κ1) is 12.6. The summed E-state index contributed by atoms with van der Waals surface area (Å²) in [6.45, 7) is 4.51. The highest BCUT2D eigenvalue weighted by Crippen LogP contribution is 2.29. The van der Waals surface area contributed by atoms with Gasteiger partial charge in [-0.05, 0) is 48.3 Å². The van der Waals surface area contributed by atoms with Gasteiger partial charge in [0, 0.05) is 6.04 Å². The molecule has 0 spiro atoms. The minimum Gasteiger partial charge on any atom is -0.271 e. The van der Waals surface area contributed by atoms with E-state index < -0.39 is 0 Å². The van der Waals surface area contributed by atoms with Crippen LogP contribution in [-0.2, 0) is 12.8 Å². The quantitative estimate of drug-likeness (QED) is 0.604. The van der Waals surface area contributed by atoms with Crippen LogP contribution in [0, 0.1) is 5.92 Å². The molecular formula is C15H24N2. The lowest BCUT2D eigenvalue weighted by Crippen LogP contribution is -2.32. The summed E-state index contributed by atoms with van der Waals surface area (Å²) in [4.78, 5) is 0. The molecule has 2 rings (SSSR count). The number of benzene rings is 1. The molecule has 3 N–H and O–H groups in total. The van der Waals surface area contributed by atoms with E-state index in [0.29, 0.717) is 12.0 Å². The molecule has 0 aliphatic heterocycles. The number of aryl methyl sites for hydroxylation is 2. The van der Waals surface area contributed by atoms with Crippen molar-refractivity contribution in [2.45, 2.75) is 52.0 Å². The summed E-state index contributed by atoms with van der Waals surface area (Å²) in [7, 11) is 0. The zero-order valence-electron chi connectivity index (χ0n) is 11.0. The number of fused-ring (bicyclic) bond motifs is 1. The molecule has 2 heteroatoms. The SMILES string of the molecule is CCCC(C)C(NN)c1ccc2c(c1)CCC2. The van der Waals surface area contributed by atoms with Gasteiger partial charge in [0.2, 0.25) is 0 Å². The molecule has 0 bridgehead atoms. The Labute approximate surface area is 105 Å². The van der Waals surface area contributed by atoms with Gasteiger partial charge >= 0.3 is 0 Å². The Kier molecular flexibility index (Phi) is 4.19. The second kappa shape index (κ2) is 5.65. The highest BCUT2D eigenvalue weighted by atomic mass is 15.2. The van der Waals surface area contributed by atoms with Crippen LogP contribution < -0.4 is 11.3 Å². The molecule has 1 aromatic carbocycles. The maximum Gasteiger partial charge on any atom is 0.0485 e. The second-order valence-electron chi connectivity index (χ2n) is 5.29. The van der Waals surface area contributed by atoms with E-state index in [2.05, 4.69) is 37.5 Å². The van der Waals surface area contributed by atoms with E-state index in [1.54, 1.807) is 0 Å². The normalized spacial score (nSPS) is 17.8. The zero-order valence-corrected chi connectivity index (χ0v) is 11.0. The molecule has 0 heterocycles. The van der Waals surface area contributed by atoms with Gasteiger partial charge in [-0.3, -0.25) is 11.3 Å². The Morgan fingerprint density at radius 1 is 1.29 bits per heavy atom. The molecule has 1 aromatic rings. The van der Waals surface area contributed by atoms with Crippen LogP contribution in [0.4, 0.5) is 0 Å². The van der Waals surface area contributed by atoms with Gasteiger partial charge in [-0.15, -0.1) is 0 Å². The summed E-state index contributed by atoms with van der Waals surface area (Å²) in [5.74, 6) is 6.32. The van der Waals surface area contributed by atoms with Crippen molar-refractivity contribution in [2.75, 3.05) is 0 Å². The third kappa shape index (κ3) is 2.70. The number of hydrogen-bond acceptors (Lipinski definition) is 2. The van der Waals surface area contributed by atoms with Crippen molar-refractivity contribution in [1.29, 1.82) is 0 Å². The monoisotopic (exact) mass is 232 g/mol. The van der Waals surface area contributed by atoms with Crippen molar-refractivity contribution in [1.82, 2.24) is 5.43 Å². The maximum atomic E-state index is 5.73. The van der Waals surface area contributed by atoms with E-state index >= 15 is 0 Å². The minimum absolute atomic E-state index is 0.292. The zero-order chi connectivity index (χ0) is 12.3. The summed E-state index contributed by atoms with van der Waals surface area (Å²) in [5, 5.41) is 0. The number of rotatable bonds is 5. The first-order valence-corrected chi connectivity index (χ1v) is 6.84. The number of nitrogens with one attached hydrogen (secondary N) is 1. The molecule has 2 atom stereocenters. The smallest absolute Gasteiger partial charge is 0.0485 e. The predicted molar refractivity (Wildman–Crippen MR) is 72.6 cm³/mol. The van der Waals surface area contributed by atoms with E-state index in [9.17, 15) is 0 Å². The fraction of sp³-hybridized carbons (Fsp3) is 0.600. The Morgan fingerprint density at radius 3 is 2.76 bits per heavy atom.